The lowest BCUT2D eigenvalue weighted by molar-refractivity contribution is -0.274. The van der Waals surface area contributed by atoms with E-state index in [2.05, 4.69) is 10.1 Å². The quantitative estimate of drug-likeness (QED) is 0.758. The molecule has 148 valence electrons. The number of hydrogen-bond donors (Lipinski definition) is 1. The van der Waals surface area contributed by atoms with Gasteiger partial charge in [-0.1, -0.05) is 12.1 Å². The molecule has 0 radical (unpaired) electrons. The summed E-state index contributed by atoms with van der Waals surface area (Å²) in [5, 5.41) is 2.07. The minimum absolute atomic E-state index is 0.0341. The number of nitrogens with zero attached hydrogens (tertiary/aromatic N) is 1. The van der Waals surface area contributed by atoms with Crippen molar-refractivity contribution < 1.29 is 35.9 Å². The number of carbonyl (C=O) groups is 2. The Hall–Kier alpha value is -2.92. The molecular formula is C17H13F3N2O5S. The van der Waals surface area contributed by atoms with E-state index in [1.807, 2.05) is 0 Å². The SMILES string of the molecule is CN(Cc1ccc(OC(F)(F)F)cc1)S(=O)(=O)c1ccc2c(c1)C(=O)NC2=O. The van der Waals surface area contributed by atoms with E-state index in [1.54, 1.807) is 0 Å². The van der Waals surface area contributed by atoms with Crippen molar-refractivity contribution in [2.75, 3.05) is 7.05 Å². The minimum Gasteiger partial charge on any atom is -0.406 e. The van der Waals surface area contributed by atoms with E-state index < -0.39 is 33.9 Å². The van der Waals surface area contributed by atoms with Gasteiger partial charge in [-0.15, -0.1) is 13.2 Å². The summed E-state index contributed by atoms with van der Waals surface area (Å²) >= 11 is 0. The molecule has 2 aromatic rings. The first-order valence-electron chi connectivity index (χ1n) is 7.78. The monoisotopic (exact) mass is 414 g/mol. The van der Waals surface area contributed by atoms with Gasteiger partial charge in [0.1, 0.15) is 5.75 Å². The zero-order valence-electron chi connectivity index (χ0n) is 14.3. The number of halogens is 3. The van der Waals surface area contributed by atoms with Gasteiger partial charge in [0, 0.05) is 13.6 Å². The number of ether oxygens (including phenoxy) is 1. The fraction of sp³-hybridized carbons (Fsp3) is 0.176. The lowest BCUT2D eigenvalue weighted by Crippen LogP contribution is -2.26. The smallest absolute Gasteiger partial charge is 0.406 e. The predicted molar refractivity (Wildman–Crippen MR) is 90.0 cm³/mol. The molecule has 0 atom stereocenters. The molecule has 1 N–H and O–H groups in total. The van der Waals surface area contributed by atoms with Crippen LogP contribution in [-0.4, -0.2) is 37.9 Å². The number of imide groups is 1. The van der Waals surface area contributed by atoms with Crippen LogP contribution < -0.4 is 10.1 Å². The number of amides is 2. The highest BCUT2D eigenvalue weighted by Crippen LogP contribution is 2.25. The maximum Gasteiger partial charge on any atom is 0.573 e. The minimum atomic E-state index is -4.82. The molecule has 1 aliphatic rings. The molecule has 1 heterocycles. The van der Waals surface area contributed by atoms with Crippen molar-refractivity contribution in [2.24, 2.45) is 0 Å². The molecule has 0 aliphatic carbocycles. The largest absolute Gasteiger partial charge is 0.573 e. The molecular weight excluding hydrogens is 401 g/mol. The summed E-state index contributed by atoms with van der Waals surface area (Å²) in [6.07, 6.45) is -4.82. The molecule has 0 bridgehead atoms. The van der Waals surface area contributed by atoms with Gasteiger partial charge in [-0.25, -0.2) is 8.42 Å². The molecule has 1 aliphatic heterocycles. The third-order valence-corrected chi connectivity index (χ3v) is 5.78. The number of benzene rings is 2. The molecule has 2 amide bonds. The second-order valence-electron chi connectivity index (χ2n) is 5.94. The van der Waals surface area contributed by atoms with Crippen molar-refractivity contribution in [2.45, 2.75) is 17.8 Å². The summed E-state index contributed by atoms with van der Waals surface area (Å²) in [6.45, 7) is -0.128. The number of carbonyl (C=O) groups excluding carboxylic acids is 2. The Morgan fingerprint density at radius 3 is 2.21 bits per heavy atom. The summed E-state index contributed by atoms with van der Waals surface area (Å²) < 4.78 is 66.7. The zero-order valence-corrected chi connectivity index (χ0v) is 15.1. The Bertz CT molecular complexity index is 1050. The Morgan fingerprint density at radius 2 is 1.61 bits per heavy atom. The average Bonchev–Trinajstić information content (AvgIpc) is 2.89. The van der Waals surface area contributed by atoms with Gasteiger partial charge in [0.2, 0.25) is 10.0 Å². The summed E-state index contributed by atoms with van der Waals surface area (Å²) in [5.41, 5.74) is 0.481. The van der Waals surface area contributed by atoms with Gasteiger partial charge < -0.3 is 4.74 Å². The van der Waals surface area contributed by atoms with Crippen LogP contribution in [0.5, 0.6) is 5.75 Å². The van der Waals surface area contributed by atoms with Gasteiger partial charge in [0.15, 0.2) is 0 Å². The highest BCUT2D eigenvalue weighted by molar-refractivity contribution is 7.89. The van der Waals surface area contributed by atoms with Gasteiger partial charge in [-0.3, -0.25) is 14.9 Å². The topological polar surface area (TPSA) is 92.8 Å². The molecule has 0 saturated carbocycles. The molecule has 0 aromatic heterocycles. The Labute approximate surface area is 157 Å². The van der Waals surface area contributed by atoms with Crippen molar-refractivity contribution in [1.29, 1.82) is 0 Å². The van der Waals surface area contributed by atoms with Crippen molar-refractivity contribution >= 4 is 21.8 Å². The molecule has 11 heteroatoms. The summed E-state index contributed by atoms with van der Waals surface area (Å²) in [5.74, 6) is -1.70. The summed E-state index contributed by atoms with van der Waals surface area (Å²) in [4.78, 5) is 23.1. The van der Waals surface area contributed by atoms with Crippen LogP contribution in [0.3, 0.4) is 0 Å². The Kier molecular flexibility index (Phi) is 4.90. The van der Waals surface area contributed by atoms with Crippen LogP contribution in [0.4, 0.5) is 13.2 Å². The molecule has 2 aromatic carbocycles. The summed E-state index contributed by atoms with van der Waals surface area (Å²) in [7, 11) is -2.72. The fourth-order valence-electron chi connectivity index (χ4n) is 2.63. The van der Waals surface area contributed by atoms with E-state index in [9.17, 15) is 31.2 Å². The van der Waals surface area contributed by atoms with Gasteiger partial charge >= 0.3 is 6.36 Å². The molecule has 3 rings (SSSR count). The van der Waals surface area contributed by atoms with Crippen molar-refractivity contribution in [3.8, 4) is 5.75 Å². The van der Waals surface area contributed by atoms with Gasteiger partial charge in [0.05, 0.1) is 16.0 Å². The van der Waals surface area contributed by atoms with Crippen LogP contribution in [0.1, 0.15) is 26.3 Å². The fourth-order valence-corrected chi connectivity index (χ4v) is 3.81. The standard InChI is InChI=1S/C17H13F3N2O5S/c1-22(9-10-2-4-11(5-3-10)27-17(18,19)20)28(25,26)12-6-7-13-14(8-12)16(24)21-15(13)23/h2-8H,9H2,1H3,(H,21,23,24). The number of nitrogens with one attached hydrogen (secondary N) is 1. The zero-order chi connectivity index (χ0) is 20.7. The predicted octanol–water partition coefficient (Wildman–Crippen LogP) is 2.29. The normalized spacial score (nSPS) is 14.2. The molecule has 0 unspecified atom stereocenters. The van der Waals surface area contributed by atoms with E-state index in [4.69, 9.17) is 0 Å². The van der Waals surface area contributed by atoms with Crippen molar-refractivity contribution in [3.63, 3.8) is 0 Å². The first kappa shape index (κ1) is 19.8. The number of fused-ring (bicyclic) bond motifs is 1. The highest BCUT2D eigenvalue weighted by Gasteiger charge is 2.31. The molecule has 0 fully saturated rings. The molecule has 7 nitrogen and oxygen atoms in total. The third kappa shape index (κ3) is 3.99. The summed E-state index contributed by atoms with van der Waals surface area (Å²) in [6, 6.07) is 8.34. The molecule has 0 saturated heterocycles. The maximum atomic E-state index is 12.7. The van der Waals surface area contributed by atoms with Gasteiger partial charge in [-0.2, -0.15) is 4.31 Å². The second-order valence-corrected chi connectivity index (χ2v) is 7.99. The lowest BCUT2D eigenvalue weighted by atomic mass is 10.1. The maximum absolute atomic E-state index is 12.7. The van der Waals surface area contributed by atoms with Crippen LogP contribution in [0.2, 0.25) is 0 Å². The Balaban J connectivity index is 1.79. The highest BCUT2D eigenvalue weighted by atomic mass is 32.2. The van der Waals surface area contributed by atoms with E-state index in [-0.39, 0.29) is 22.6 Å². The van der Waals surface area contributed by atoms with Crippen LogP contribution in [0.25, 0.3) is 0 Å². The van der Waals surface area contributed by atoms with E-state index in [1.165, 1.54) is 31.3 Å². The third-order valence-electron chi connectivity index (χ3n) is 3.98. The van der Waals surface area contributed by atoms with Crippen LogP contribution in [0, 0.1) is 0 Å². The van der Waals surface area contributed by atoms with E-state index in [0.717, 1.165) is 22.5 Å². The number of alkyl halides is 3. The van der Waals surface area contributed by atoms with Crippen LogP contribution in [0.15, 0.2) is 47.4 Å². The second kappa shape index (κ2) is 6.91. The number of rotatable bonds is 5. The van der Waals surface area contributed by atoms with E-state index >= 15 is 0 Å². The lowest BCUT2D eigenvalue weighted by Gasteiger charge is -2.18. The van der Waals surface area contributed by atoms with Crippen molar-refractivity contribution in [1.82, 2.24) is 9.62 Å². The average molecular weight is 414 g/mol. The first-order valence-corrected chi connectivity index (χ1v) is 9.22. The number of sulfonamides is 1. The number of hydrogen-bond acceptors (Lipinski definition) is 5. The van der Waals surface area contributed by atoms with E-state index in [0.29, 0.717) is 5.56 Å². The molecule has 0 spiro atoms. The Morgan fingerprint density at radius 1 is 1.00 bits per heavy atom. The first-order chi connectivity index (χ1) is 13.0. The van der Waals surface area contributed by atoms with Crippen LogP contribution >= 0.6 is 0 Å². The molecule has 28 heavy (non-hydrogen) atoms. The van der Waals surface area contributed by atoms with Crippen LogP contribution in [-0.2, 0) is 16.6 Å². The van der Waals surface area contributed by atoms with Crippen molar-refractivity contribution in [3.05, 3.63) is 59.2 Å². The van der Waals surface area contributed by atoms with Gasteiger partial charge in [-0.05, 0) is 35.9 Å². The van der Waals surface area contributed by atoms with Gasteiger partial charge in [0.25, 0.3) is 11.8 Å².